The molecule has 4 nitrogen and oxygen atoms in total. The summed E-state index contributed by atoms with van der Waals surface area (Å²) in [4.78, 5) is 23.0. The number of carbonyl (C=O) groups is 2. The molecule has 0 saturated heterocycles. The Kier molecular flexibility index (Phi) is 4.92. The second-order valence-corrected chi connectivity index (χ2v) is 4.84. The summed E-state index contributed by atoms with van der Waals surface area (Å²) in [5.74, 6) is -0.735. The highest BCUT2D eigenvalue weighted by atomic mass is 127. The number of hydrogen-bond donors (Lipinski definition) is 1. The van der Waals surface area contributed by atoms with Crippen molar-refractivity contribution in [2.45, 2.75) is 19.9 Å². The summed E-state index contributed by atoms with van der Waals surface area (Å²) in [6.45, 7) is 3.56. The lowest BCUT2D eigenvalue weighted by Crippen LogP contribution is -2.39. The van der Waals surface area contributed by atoms with Crippen molar-refractivity contribution in [1.82, 2.24) is 5.32 Å². The summed E-state index contributed by atoms with van der Waals surface area (Å²) in [5, 5.41) is 2.58. The van der Waals surface area contributed by atoms with Crippen molar-refractivity contribution in [3.8, 4) is 0 Å². The summed E-state index contributed by atoms with van der Waals surface area (Å²) >= 11 is 2.17. The van der Waals surface area contributed by atoms with Crippen LogP contribution in [0.3, 0.4) is 0 Å². The molecule has 1 amide bonds. The molecule has 0 aromatic heterocycles. The van der Waals surface area contributed by atoms with Gasteiger partial charge in [0.1, 0.15) is 6.04 Å². The minimum atomic E-state index is -0.647. The first kappa shape index (κ1) is 14.0. The molecule has 1 aromatic rings. The molecular formula is C12H14INO3. The van der Waals surface area contributed by atoms with E-state index in [0.717, 1.165) is 9.13 Å². The van der Waals surface area contributed by atoms with E-state index in [2.05, 4.69) is 32.6 Å². The number of esters is 1. The number of carbonyl (C=O) groups excluding carboxylic acids is 2. The number of hydrogen-bond acceptors (Lipinski definition) is 3. The van der Waals surface area contributed by atoms with E-state index < -0.39 is 12.0 Å². The zero-order valence-electron chi connectivity index (χ0n) is 9.91. The quantitative estimate of drug-likeness (QED) is 0.671. The lowest BCUT2D eigenvalue weighted by Gasteiger charge is -2.11. The minimum Gasteiger partial charge on any atom is -0.467 e. The lowest BCUT2D eigenvalue weighted by molar-refractivity contribution is -0.142. The molecule has 92 valence electrons. The fourth-order valence-electron chi connectivity index (χ4n) is 1.25. The summed E-state index contributed by atoms with van der Waals surface area (Å²) in [7, 11) is 1.29. The summed E-state index contributed by atoms with van der Waals surface area (Å²) in [6, 6.07) is 4.75. The second-order valence-electron chi connectivity index (χ2n) is 3.68. The molecule has 0 aliphatic heterocycles. The summed E-state index contributed by atoms with van der Waals surface area (Å²) < 4.78 is 5.55. The van der Waals surface area contributed by atoms with Crippen molar-refractivity contribution in [2.75, 3.05) is 7.11 Å². The van der Waals surface area contributed by atoms with Crippen molar-refractivity contribution in [1.29, 1.82) is 0 Å². The zero-order chi connectivity index (χ0) is 13.0. The van der Waals surface area contributed by atoms with Gasteiger partial charge in [0.05, 0.1) is 7.11 Å². The molecule has 0 bridgehead atoms. The number of ether oxygens (including phenoxy) is 1. The number of amides is 1. The van der Waals surface area contributed by atoms with Crippen LogP contribution in [0.2, 0.25) is 0 Å². The smallest absolute Gasteiger partial charge is 0.328 e. The Balaban J connectivity index is 2.76. The monoisotopic (exact) mass is 347 g/mol. The van der Waals surface area contributed by atoms with Gasteiger partial charge in [-0.1, -0.05) is 6.07 Å². The standard InChI is InChI=1S/C12H14INO3/c1-7-4-5-9(6-10(7)13)11(15)14-8(2)12(16)17-3/h4-6,8H,1-3H3,(H,14,15)/t8-/m0/s1. The van der Waals surface area contributed by atoms with E-state index in [-0.39, 0.29) is 5.91 Å². The third-order valence-corrected chi connectivity index (χ3v) is 3.50. The zero-order valence-corrected chi connectivity index (χ0v) is 12.1. The second kappa shape index (κ2) is 6.00. The van der Waals surface area contributed by atoms with Crippen LogP contribution in [0.15, 0.2) is 18.2 Å². The van der Waals surface area contributed by atoms with Crippen LogP contribution in [0.4, 0.5) is 0 Å². The van der Waals surface area contributed by atoms with Crippen molar-refractivity contribution in [3.63, 3.8) is 0 Å². The van der Waals surface area contributed by atoms with Crippen LogP contribution in [-0.2, 0) is 9.53 Å². The molecule has 0 heterocycles. The van der Waals surface area contributed by atoms with Crippen LogP contribution in [0.25, 0.3) is 0 Å². The van der Waals surface area contributed by atoms with Gasteiger partial charge >= 0.3 is 5.97 Å². The maximum atomic E-state index is 11.8. The van der Waals surface area contributed by atoms with Crippen LogP contribution in [-0.4, -0.2) is 25.0 Å². The number of aryl methyl sites for hydroxylation is 1. The molecule has 5 heteroatoms. The van der Waals surface area contributed by atoms with Crippen LogP contribution in [0.5, 0.6) is 0 Å². The average Bonchev–Trinajstić information content (AvgIpc) is 2.31. The lowest BCUT2D eigenvalue weighted by atomic mass is 10.1. The molecular weight excluding hydrogens is 333 g/mol. The number of benzene rings is 1. The summed E-state index contributed by atoms with van der Waals surface area (Å²) in [6.07, 6.45) is 0. The van der Waals surface area contributed by atoms with Gasteiger partial charge in [-0.15, -0.1) is 0 Å². The van der Waals surface area contributed by atoms with Crippen LogP contribution < -0.4 is 5.32 Å². The van der Waals surface area contributed by atoms with Gasteiger partial charge in [0.2, 0.25) is 0 Å². The fourth-order valence-corrected chi connectivity index (χ4v) is 1.77. The first-order chi connectivity index (χ1) is 7.95. The molecule has 1 atom stereocenters. The van der Waals surface area contributed by atoms with Crippen LogP contribution >= 0.6 is 22.6 Å². The van der Waals surface area contributed by atoms with Gasteiger partial charge in [-0.3, -0.25) is 4.79 Å². The normalized spacial score (nSPS) is 11.8. The first-order valence-corrected chi connectivity index (χ1v) is 6.18. The highest BCUT2D eigenvalue weighted by molar-refractivity contribution is 14.1. The first-order valence-electron chi connectivity index (χ1n) is 5.10. The van der Waals surface area contributed by atoms with Gasteiger partial charge in [-0.05, 0) is 54.1 Å². The fraction of sp³-hybridized carbons (Fsp3) is 0.333. The number of rotatable bonds is 3. The highest BCUT2D eigenvalue weighted by Crippen LogP contribution is 2.13. The van der Waals surface area contributed by atoms with Gasteiger partial charge in [-0.2, -0.15) is 0 Å². The van der Waals surface area contributed by atoms with E-state index in [1.54, 1.807) is 19.1 Å². The Bertz CT molecular complexity index is 445. The van der Waals surface area contributed by atoms with Gasteiger partial charge in [0.15, 0.2) is 0 Å². The topological polar surface area (TPSA) is 55.4 Å². The molecule has 0 fully saturated rings. The van der Waals surface area contributed by atoms with Crippen molar-refractivity contribution >= 4 is 34.5 Å². The van der Waals surface area contributed by atoms with E-state index in [1.807, 2.05) is 13.0 Å². The Morgan fingerprint density at radius 2 is 2.06 bits per heavy atom. The molecule has 0 radical (unpaired) electrons. The summed E-state index contributed by atoms with van der Waals surface area (Å²) in [5.41, 5.74) is 1.65. The Morgan fingerprint density at radius 1 is 1.41 bits per heavy atom. The molecule has 17 heavy (non-hydrogen) atoms. The van der Waals surface area contributed by atoms with Gasteiger partial charge in [-0.25, -0.2) is 4.79 Å². The number of methoxy groups -OCH3 is 1. The highest BCUT2D eigenvalue weighted by Gasteiger charge is 2.16. The minimum absolute atomic E-state index is 0.277. The van der Waals surface area contributed by atoms with E-state index >= 15 is 0 Å². The van der Waals surface area contributed by atoms with E-state index in [4.69, 9.17) is 0 Å². The Morgan fingerprint density at radius 3 is 2.59 bits per heavy atom. The molecule has 0 spiro atoms. The van der Waals surface area contributed by atoms with Gasteiger partial charge < -0.3 is 10.1 Å². The van der Waals surface area contributed by atoms with E-state index in [9.17, 15) is 9.59 Å². The maximum absolute atomic E-state index is 11.8. The largest absolute Gasteiger partial charge is 0.467 e. The predicted molar refractivity (Wildman–Crippen MR) is 72.8 cm³/mol. The molecule has 0 aliphatic rings. The van der Waals surface area contributed by atoms with Crippen molar-refractivity contribution in [3.05, 3.63) is 32.9 Å². The average molecular weight is 347 g/mol. The maximum Gasteiger partial charge on any atom is 0.328 e. The Hall–Kier alpha value is -1.11. The SMILES string of the molecule is COC(=O)[C@H](C)NC(=O)c1ccc(C)c(I)c1. The van der Waals surface area contributed by atoms with E-state index in [1.165, 1.54) is 7.11 Å². The van der Waals surface area contributed by atoms with Gasteiger partial charge in [0.25, 0.3) is 5.91 Å². The molecule has 1 rings (SSSR count). The third-order valence-electron chi connectivity index (χ3n) is 2.34. The molecule has 0 unspecified atom stereocenters. The van der Waals surface area contributed by atoms with Crippen molar-refractivity contribution in [2.24, 2.45) is 0 Å². The van der Waals surface area contributed by atoms with Crippen LogP contribution in [0, 0.1) is 10.5 Å². The van der Waals surface area contributed by atoms with E-state index in [0.29, 0.717) is 5.56 Å². The van der Waals surface area contributed by atoms with Gasteiger partial charge in [0, 0.05) is 9.13 Å². The van der Waals surface area contributed by atoms with Crippen molar-refractivity contribution < 1.29 is 14.3 Å². The van der Waals surface area contributed by atoms with Crippen LogP contribution in [0.1, 0.15) is 22.8 Å². The predicted octanol–water partition coefficient (Wildman–Crippen LogP) is 1.89. The Labute approximate surface area is 114 Å². The number of nitrogens with one attached hydrogen (secondary N) is 1. The molecule has 1 N–H and O–H groups in total. The molecule has 0 saturated carbocycles. The third kappa shape index (κ3) is 3.69. The number of halogens is 1. The molecule has 1 aromatic carbocycles. The molecule has 0 aliphatic carbocycles.